The van der Waals surface area contributed by atoms with Gasteiger partial charge >= 0.3 is 0 Å². The molecule has 0 aromatic heterocycles. The third-order valence-electron chi connectivity index (χ3n) is 3.01. The lowest BCUT2D eigenvalue weighted by Crippen LogP contribution is -2.25. The fourth-order valence-electron chi connectivity index (χ4n) is 2.06. The summed E-state index contributed by atoms with van der Waals surface area (Å²) < 4.78 is 0. The highest BCUT2D eigenvalue weighted by Crippen LogP contribution is 2.37. The molecule has 1 aromatic rings. The number of hydrogen-bond acceptors (Lipinski definition) is 4. The van der Waals surface area contributed by atoms with E-state index in [1.807, 2.05) is 0 Å². The van der Waals surface area contributed by atoms with Crippen molar-refractivity contribution in [3.8, 4) is 0 Å². The summed E-state index contributed by atoms with van der Waals surface area (Å²) >= 11 is 9.19. The second kappa shape index (κ2) is 5.34. The molecular weight excluding hydrogens is 337 g/mol. The average Bonchev–Trinajstić information content (AvgIpc) is 2.72. The number of nitrogens with zero attached hydrogens (tertiary/aromatic N) is 2. The number of rotatable bonds is 3. The van der Waals surface area contributed by atoms with Crippen molar-refractivity contribution in [2.75, 3.05) is 22.5 Å². The molecule has 1 fully saturated rings. The van der Waals surface area contributed by atoms with Gasteiger partial charge in [0.2, 0.25) is 5.91 Å². The number of carbonyl (C=O) groups is 1. The molecule has 1 aromatic carbocycles. The summed E-state index contributed by atoms with van der Waals surface area (Å²) in [5.41, 5.74) is 6.15. The minimum atomic E-state index is -0.602. The van der Waals surface area contributed by atoms with Crippen molar-refractivity contribution in [3.63, 3.8) is 0 Å². The van der Waals surface area contributed by atoms with Gasteiger partial charge in [0, 0.05) is 24.4 Å². The van der Waals surface area contributed by atoms with Gasteiger partial charge in [0.05, 0.1) is 16.3 Å². The zero-order chi connectivity index (χ0) is 14.2. The van der Waals surface area contributed by atoms with Gasteiger partial charge in [-0.15, -0.1) is 0 Å². The Morgan fingerprint density at radius 3 is 2.79 bits per heavy atom. The first-order chi connectivity index (χ1) is 8.93. The molecule has 8 heteroatoms. The quantitative estimate of drug-likeness (QED) is 0.393. The second-order valence-corrected chi connectivity index (χ2v) is 5.40. The summed E-state index contributed by atoms with van der Waals surface area (Å²) in [7, 11) is 0. The highest BCUT2D eigenvalue weighted by molar-refractivity contribution is 9.09. The minimum absolute atomic E-state index is 0.0238. The zero-order valence-electron chi connectivity index (χ0n) is 9.81. The van der Waals surface area contributed by atoms with E-state index in [1.165, 1.54) is 17.0 Å². The van der Waals surface area contributed by atoms with Crippen molar-refractivity contribution in [1.82, 2.24) is 0 Å². The predicted molar refractivity (Wildman–Crippen MR) is 76.8 cm³/mol. The molecule has 19 heavy (non-hydrogen) atoms. The summed E-state index contributed by atoms with van der Waals surface area (Å²) in [6.45, 7) is 0.530. The number of alkyl halides is 1. The van der Waals surface area contributed by atoms with Crippen LogP contribution < -0.4 is 10.6 Å². The van der Waals surface area contributed by atoms with Crippen LogP contribution in [0, 0.1) is 16.0 Å². The summed E-state index contributed by atoms with van der Waals surface area (Å²) in [5, 5.41) is 11.4. The lowest BCUT2D eigenvalue weighted by atomic mass is 10.2. The molecule has 2 N–H and O–H groups in total. The number of nitrogen functional groups attached to an aromatic ring is 1. The van der Waals surface area contributed by atoms with Gasteiger partial charge in [-0.3, -0.25) is 14.9 Å². The van der Waals surface area contributed by atoms with Crippen molar-refractivity contribution >= 4 is 50.5 Å². The van der Waals surface area contributed by atoms with Crippen molar-refractivity contribution < 1.29 is 9.72 Å². The van der Waals surface area contributed by atoms with Crippen LogP contribution in [0.2, 0.25) is 5.02 Å². The third kappa shape index (κ3) is 2.66. The van der Waals surface area contributed by atoms with Crippen LogP contribution in [-0.4, -0.2) is 22.7 Å². The predicted octanol–water partition coefficient (Wildman–Crippen LogP) is 2.58. The molecule has 0 spiro atoms. The lowest BCUT2D eigenvalue weighted by molar-refractivity contribution is -0.384. The monoisotopic (exact) mass is 347 g/mol. The number of anilines is 2. The van der Waals surface area contributed by atoms with Crippen LogP contribution in [0.25, 0.3) is 0 Å². The Kier molecular flexibility index (Phi) is 3.96. The summed E-state index contributed by atoms with van der Waals surface area (Å²) in [6.07, 6.45) is 0.430. The third-order valence-corrected chi connectivity index (χ3v) is 4.23. The van der Waals surface area contributed by atoms with Crippen molar-refractivity contribution in [3.05, 3.63) is 27.3 Å². The molecule has 0 radical (unpaired) electrons. The van der Waals surface area contributed by atoms with Crippen LogP contribution in [0.5, 0.6) is 0 Å². The standard InChI is InChI=1S/C11H11BrClN3O3/c12-4-6-1-11(17)15(5-6)10-2-7(13)9(16(18)19)3-8(10)14/h2-3,6H,1,4-5,14H2. The average molecular weight is 349 g/mol. The van der Waals surface area contributed by atoms with Gasteiger partial charge in [-0.25, -0.2) is 0 Å². The number of hydrogen-bond donors (Lipinski definition) is 1. The lowest BCUT2D eigenvalue weighted by Gasteiger charge is -2.18. The summed E-state index contributed by atoms with van der Waals surface area (Å²) in [4.78, 5) is 23.6. The van der Waals surface area contributed by atoms with Crippen LogP contribution in [0.15, 0.2) is 12.1 Å². The van der Waals surface area contributed by atoms with Gasteiger partial charge in [-0.05, 0) is 12.0 Å². The molecule has 0 saturated carbocycles. The normalized spacial score (nSPS) is 18.9. The van der Waals surface area contributed by atoms with Gasteiger partial charge in [0.25, 0.3) is 5.69 Å². The van der Waals surface area contributed by atoms with Crippen molar-refractivity contribution in [1.29, 1.82) is 0 Å². The molecule has 2 rings (SSSR count). The van der Waals surface area contributed by atoms with Crippen LogP contribution in [0.4, 0.5) is 17.1 Å². The Bertz CT molecular complexity index is 552. The molecule has 102 valence electrons. The van der Waals surface area contributed by atoms with Gasteiger partial charge in [0.1, 0.15) is 5.02 Å². The van der Waals surface area contributed by atoms with Gasteiger partial charge in [-0.2, -0.15) is 0 Å². The zero-order valence-corrected chi connectivity index (χ0v) is 12.1. The summed E-state index contributed by atoms with van der Waals surface area (Å²) in [5.74, 6) is 0.155. The van der Waals surface area contributed by atoms with Gasteiger partial charge in [-0.1, -0.05) is 27.5 Å². The Hall–Kier alpha value is -1.34. The molecule has 1 amide bonds. The number of nitro groups is 1. The Balaban J connectivity index is 2.39. The van der Waals surface area contributed by atoms with Crippen LogP contribution in [-0.2, 0) is 4.79 Å². The van der Waals surface area contributed by atoms with E-state index in [0.29, 0.717) is 18.7 Å². The molecular formula is C11H11BrClN3O3. The minimum Gasteiger partial charge on any atom is -0.397 e. The van der Waals surface area contributed by atoms with Crippen LogP contribution >= 0.6 is 27.5 Å². The maximum Gasteiger partial charge on any atom is 0.290 e. The molecule has 1 heterocycles. The SMILES string of the molecule is Nc1cc([N+](=O)[O-])c(Cl)cc1N1CC(CBr)CC1=O. The highest BCUT2D eigenvalue weighted by atomic mass is 79.9. The van der Waals surface area contributed by atoms with Crippen LogP contribution in [0.1, 0.15) is 6.42 Å². The first-order valence-electron chi connectivity index (χ1n) is 5.53. The van der Waals surface area contributed by atoms with E-state index >= 15 is 0 Å². The van der Waals surface area contributed by atoms with Gasteiger partial charge < -0.3 is 10.6 Å². The van der Waals surface area contributed by atoms with E-state index in [1.54, 1.807) is 0 Å². The maximum atomic E-state index is 11.9. The first-order valence-corrected chi connectivity index (χ1v) is 7.03. The number of nitro benzene ring substituents is 1. The topological polar surface area (TPSA) is 89.5 Å². The van der Waals surface area contributed by atoms with Crippen molar-refractivity contribution in [2.45, 2.75) is 6.42 Å². The molecule has 6 nitrogen and oxygen atoms in total. The molecule has 1 aliphatic heterocycles. The highest BCUT2D eigenvalue weighted by Gasteiger charge is 2.32. The fourth-order valence-corrected chi connectivity index (χ4v) is 2.72. The number of halogens is 2. The smallest absolute Gasteiger partial charge is 0.290 e. The molecule has 1 unspecified atom stereocenters. The van der Waals surface area contributed by atoms with E-state index in [0.717, 1.165) is 5.33 Å². The molecule has 0 bridgehead atoms. The number of benzene rings is 1. The first kappa shape index (κ1) is 14.1. The van der Waals surface area contributed by atoms with Crippen LogP contribution in [0.3, 0.4) is 0 Å². The number of carbonyl (C=O) groups excluding carboxylic acids is 1. The van der Waals surface area contributed by atoms with E-state index in [-0.39, 0.29) is 28.2 Å². The van der Waals surface area contributed by atoms with E-state index in [9.17, 15) is 14.9 Å². The molecule has 1 saturated heterocycles. The number of amides is 1. The van der Waals surface area contributed by atoms with E-state index < -0.39 is 4.92 Å². The molecule has 1 aliphatic rings. The Morgan fingerprint density at radius 1 is 1.58 bits per heavy atom. The summed E-state index contributed by atoms with van der Waals surface area (Å²) in [6, 6.07) is 2.57. The van der Waals surface area contributed by atoms with E-state index in [4.69, 9.17) is 17.3 Å². The Labute approximate surface area is 122 Å². The largest absolute Gasteiger partial charge is 0.397 e. The molecule has 1 atom stereocenters. The fraction of sp³-hybridized carbons (Fsp3) is 0.364. The van der Waals surface area contributed by atoms with E-state index in [2.05, 4.69) is 15.9 Å². The molecule has 0 aliphatic carbocycles. The van der Waals surface area contributed by atoms with Crippen molar-refractivity contribution in [2.24, 2.45) is 5.92 Å². The number of nitrogens with two attached hydrogens (primary N) is 1. The maximum absolute atomic E-state index is 11.9. The second-order valence-electron chi connectivity index (χ2n) is 4.35. The van der Waals surface area contributed by atoms with Gasteiger partial charge in [0.15, 0.2) is 0 Å². The Morgan fingerprint density at radius 2 is 2.26 bits per heavy atom.